The van der Waals surface area contributed by atoms with Gasteiger partial charge in [0.2, 0.25) is 17.3 Å². The maximum absolute atomic E-state index is 12.6. The molecule has 17 nitrogen and oxygen atoms in total. The minimum atomic E-state index is -1.15. The fraction of sp³-hybridized carbons (Fsp3) is 0.238. The number of anilines is 2. The van der Waals surface area contributed by atoms with E-state index >= 15 is 0 Å². The molecule has 0 spiro atoms. The summed E-state index contributed by atoms with van der Waals surface area (Å²) < 4.78 is 0. The van der Waals surface area contributed by atoms with E-state index in [4.69, 9.17) is 57.7 Å². The van der Waals surface area contributed by atoms with Crippen LogP contribution >= 0.6 is 23.2 Å². The van der Waals surface area contributed by atoms with Gasteiger partial charge in [0.25, 0.3) is 11.8 Å². The Morgan fingerprint density at radius 2 is 1.10 bits per heavy atom. The predicted molar refractivity (Wildman–Crippen MR) is 231 cm³/mol. The standard InChI is InChI=1S/C21H20ClN5O3.C13H15ClN2O3.C8H6N2O.H3N/c1-4-15-16(9-10-17(24-3)18(15)22)25-19(12(2)28)21(30)27-26-20(29)14-7-5-13(11-23)6-8-14;1-4-8-9(5-6-10(15-3)11(8)14)16-12(7(2)17)13(18)19;9-5-6-1-3-7(4-2-6)8(10)11;/h5-10,12,19,25,28H,4H2,1-2H3,(H,26,29)(H,27,30);5-7,12,16-17H,4H2,1-2H3,(H,18,19);1-4H,(H2,10,11);1H3/t12?,19-;7?,12-;;/m11../s1. The van der Waals surface area contributed by atoms with Crippen molar-refractivity contribution >= 4 is 69.6 Å². The van der Waals surface area contributed by atoms with Crippen molar-refractivity contribution in [3.63, 3.8) is 0 Å². The smallest absolute Gasteiger partial charge is 0.328 e. The maximum Gasteiger partial charge on any atom is 0.328 e. The molecule has 0 heterocycles. The van der Waals surface area contributed by atoms with Gasteiger partial charge in [0.15, 0.2) is 6.04 Å². The first kappa shape index (κ1) is 51.8. The molecule has 0 aliphatic heterocycles. The van der Waals surface area contributed by atoms with Crippen LogP contribution in [-0.2, 0) is 22.4 Å². The van der Waals surface area contributed by atoms with Crippen LogP contribution in [0.3, 0.4) is 0 Å². The zero-order valence-electron chi connectivity index (χ0n) is 33.5. The van der Waals surface area contributed by atoms with Crippen molar-refractivity contribution in [2.75, 3.05) is 10.6 Å². The zero-order chi connectivity index (χ0) is 45.1. The van der Waals surface area contributed by atoms with Gasteiger partial charge >= 0.3 is 5.97 Å². The SMILES string of the molecule is N.N#Cc1ccc(C(N)=O)cc1.[C-]#[N+]c1ccc(N[C@@H](C(=O)NNC(=O)c2ccc(C#N)cc2)C(C)O)c(CC)c1Cl.[C-]#[N+]c1ccc(N[C@@H](C(=O)O)C(C)O)c(CC)c1Cl. The van der Waals surface area contributed by atoms with Crippen LogP contribution in [0.5, 0.6) is 0 Å². The summed E-state index contributed by atoms with van der Waals surface area (Å²) >= 11 is 12.3. The van der Waals surface area contributed by atoms with E-state index in [2.05, 4.69) is 31.2 Å². The highest BCUT2D eigenvalue weighted by atomic mass is 35.5. The number of nitriles is 2. The number of hydrogen-bond acceptors (Lipinski definition) is 11. The number of nitrogens with one attached hydrogen (secondary N) is 4. The fourth-order valence-corrected chi connectivity index (χ4v) is 5.84. The molecule has 19 heteroatoms. The number of nitrogens with two attached hydrogens (primary N) is 1. The number of nitrogens with zero attached hydrogens (tertiary/aromatic N) is 4. The van der Waals surface area contributed by atoms with Crippen molar-refractivity contribution in [1.29, 1.82) is 10.5 Å². The van der Waals surface area contributed by atoms with Gasteiger partial charge in [0.05, 0.1) is 58.7 Å². The van der Waals surface area contributed by atoms with Gasteiger partial charge in [-0.3, -0.25) is 25.2 Å². The Morgan fingerprint density at radius 1 is 0.705 bits per heavy atom. The molecule has 0 radical (unpaired) electrons. The zero-order valence-corrected chi connectivity index (χ0v) is 35.0. The predicted octanol–water partition coefficient (Wildman–Crippen LogP) is 6.47. The Bertz CT molecular complexity index is 2350. The molecule has 4 atom stereocenters. The quantitative estimate of drug-likeness (QED) is 0.0547. The van der Waals surface area contributed by atoms with Crippen molar-refractivity contribution in [2.24, 2.45) is 5.73 Å². The number of amides is 3. The lowest BCUT2D eigenvalue weighted by molar-refractivity contribution is -0.140. The Morgan fingerprint density at radius 3 is 1.43 bits per heavy atom. The van der Waals surface area contributed by atoms with Crippen molar-refractivity contribution < 1.29 is 34.5 Å². The van der Waals surface area contributed by atoms with Crippen LogP contribution in [0.2, 0.25) is 10.0 Å². The van der Waals surface area contributed by atoms with E-state index in [1.54, 1.807) is 24.3 Å². The largest absolute Gasteiger partial charge is 0.480 e. The van der Waals surface area contributed by atoms with Crippen molar-refractivity contribution in [3.05, 3.63) is 139 Å². The van der Waals surface area contributed by atoms with Crippen LogP contribution in [0, 0.1) is 35.8 Å². The number of primary amides is 1. The molecule has 0 bridgehead atoms. The second-order valence-corrected chi connectivity index (χ2v) is 13.3. The summed E-state index contributed by atoms with van der Waals surface area (Å²) in [6, 6.07) is 20.0. The number of aliphatic hydroxyl groups is 2. The van der Waals surface area contributed by atoms with Gasteiger partial charge in [-0.25, -0.2) is 14.5 Å². The first-order chi connectivity index (χ1) is 28.5. The molecular formula is C42H44Cl2N10O7. The number of carboxylic acid groups (broad SMARTS) is 1. The monoisotopic (exact) mass is 870 g/mol. The number of hydrogen-bond donors (Lipinski definition) is 9. The Balaban J connectivity index is 0.000000510. The van der Waals surface area contributed by atoms with Gasteiger partial charge < -0.3 is 37.8 Å². The second kappa shape index (κ2) is 25.3. The molecule has 0 aliphatic rings. The first-order valence-corrected chi connectivity index (χ1v) is 18.6. The molecule has 61 heavy (non-hydrogen) atoms. The molecule has 12 N–H and O–H groups in total. The number of carbonyl (C=O) groups excluding carboxylic acids is 3. The number of aliphatic carboxylic acids is 1. The minimum Gasteiger partial charge on any atom is -0.480 e. The lowest BCUT2D eigenvalue weighted by Crippen LogP contribution is -2.52. The van der Waals surface area contributed by atoms with Crippen molar-refractivity contribution in [1.82, 2.24) is 17.0 Å². The highest BCUT2D eigenvalue weighted by molar-refractivity contribution is 6.35. The molecule has 0 aromatic heterocycles. The number of carboxylic acids is 1. The molecule has 0 saturated carbocycles. The Kier molecular flexibility index (Phi) is 21.5. The molecular weight excluding hydrogens is 827 g/mol. The third kappa shape index (κ3) is 14.8. The van der Waals surface area contributed by atoms with Crippen molar-refractivity contribution in [3.8, 4) is 12.1 Å². The molecule has 318 valence electrons. The minimum absolute atomic E-state index is 0. The molecule has 4 aromatic carbocycles. The van der Waals surface area contributed by atoms with E-state index < -0.39 is 48.0 Å². The number of rotatable bonds is 12. The number of halogens is 2. The highest BCUT2D eigenvalue weighted by Crippen LogP contribution is 2.36. The van der Waals surface area contributed by atoms with E-state index in [0.29, 0.717) is 68.4 Å². The van der Waals surface area contributed by atoms with Crippen LogP contribution in [0.1, 0.15) is 70.7 Å². The van der Waals surface area contributed by atoms with E-state index in [9.17, 15) is 29.4 Å². The lowest BCUT2D eigenvalue weighted by Gasteiger charge is -2.24. The third-order valence-corrected chi connectivity index (χ3v) is 9.25. The summed E-state index contributed by atoms with van der Waals surface area (Å²) in [6.45, 7) is 20.7. The summed E-state index contributed by atoms with van der Waals surface area (Å²) in [4.78, 5) is 53.0. The van der Waals surface area contributed by atoms with Gasteiger partial charge in [0.1, 0.15) is 6.04 Å². The van der Waals surface area contributed by atoms with Gasteiger partial charge in [-0.15, -0.1) is 0 Å². The molecule has 2 unspecified atom stereocenters. The summed E-state index contributed by atoms with van der Waals surface area (Å²) in [7, 11) is 0. The normalized spacial score (nSPS) is 11.7. The van der Waals surface area contributed by atoms with E-state index in [0.717, 1.165) is 0 Å². The molecule has 0 fully saturated rings. The van der Waals surface area contributed by atoms with Crippen LogP contribution in [-0.4, -0.2) is 63.3 Å². The number of hydrazine groups is 1. The van der Waals surface area contributed by atoms with Gasteiger partial charge in [-0.1, -0.05) is 49.2 Å². The van der Waals surface area contributed by atoms with Gasteiger partial charge in [0, 0.05) is 22.5 Å². The maximum atomic E-state index is 12.6. The van der Waals surface area contributed by atoms with Gasteiger partial charge in [-0.05, 0) is 98.5 Å². The first-order valence-electron chi connectivity index (χ1n) is 17.9. The molecule has 4 aromatic rings. The molecule has 0 saturated heterocycles. The summed E-state index contributed by atoms with van der Waals surface area (Å²) in [5, 5.41) is 52.0. The lowest BCUT2D eigenvalue weighted by atomic mass is 10.1. The van der Waals surface area contributed by atoms with Crippen LogP contribution in [0.15, 0.2) is 72.8 Å². The third-order valence-electron chi connectivity index (χ3n) is 8.40. The molecule has 0 aliphatic carbocycles. The Hall–Kier alpha value is -7.22. The van der Waals surface area contributed by atoms with E-state index in [1.807, 2.05) is 26.0 Å². The average molecular weight is 872 g/mol. The second-order valence-electron chi connectivity index (χ2n) is 12.5. The number of benzene rings is 4. The van der Waals surface area contributed by atoms with Gasteiger partial charge in [-0.2, -0.15) is 10.5 Å². The molecule has 3 amide bonds. The van der Waals surface area contributed by atoms with E-state index in [1.165, 1.54) is 62.4 Å². The molecule has 4 rings (SSSR count). The summed E-state index contributed by atoms with van der Waals surface area (Å²) in [5.74, 6) is -2.87. The van der Waals surface area contributed by atoms with Crippen molar-refractivity contribution in [2.45, 2.75) is 64.8 Å². The Labute approximate surface area is 362 Å². The van der Waals surface area contributed by atoms with Crippen LogP contribution in [0.25, 0.3) is 9.69 Å². The summed E-state index contributed by atoms with van der Waals surface area (Å²) in [6.07, 6.45) is -1.09. The van der Waals surface area contributed by atoms with Crippen LogP contribution < -0.4 is 33.4 Å². The van der Waals surface area contributed by atoms with Crippen LogP contribution in [0.4, 0.5) is 22.7 Å². The van der Waals surface area contributed by atoms with E-state index in [-0.39, 0.29) is 16.7 Å². The topological polar surface area (TPSA) is 294 Å². The average Bonchev–Trinajstić information content (AvgIpc) is 3.23. The summed E-state index contributed by atoms with van der Waals surface area (Å²) in [5.41, 5.74) is 14.1. The highest BCUT2D eigenvalue weighted by Gasteiger charge is 2.26. The fourth-order valence-electron chi connectivity index (χ4n) is 5.15. The number of carbonyl (C=O) groups is 4. The number of aliphatic hydroxyl groups excluding tert-OH is 2.